The topological polar surface area (TPSA) is 49.3 Å². The van der Waals surface area contributed by atoms with E-state index in [1.807, 2.05) is 6.92 Å². The van der Waals surface area contributed by atoms with Crippen molar-refractivity contribution in [2.45, 2.75) is 19.4 Å². The molecule has 3 nitrogen and oxygen atoms in total. The lowest BCUT2D eigenvalue weighted by molar-refractivity contribution is 0.0910. The molecule has 16 heavy (non-hydrogen) atoms. The van der Waals surface area contributed by atoms with Gasteiger partial charge in [0, 0.05) is 4.47 Å². The van der Waals surface area contributed by atoms with Crippen LogP contribution < -0.4 is 5.32 Å². The van der Waals surface area contributed by atoms with Crippen molar-refractivity contribution in [2.24, 2.45) is 0 Å². The summed E-state index contributed by atoms with van der Waals surface area (Å²) in [4.78, 5) is 11.7. The van der Waals surface area contributed by atoms with Gasteiger partial charge in [-0.25, -0.2) is 4.39 Å². The van der Waals surface area contributed by atoms with Gasteiger partial charge in [-0.15, -0.1) is 0 Å². The van der Waals surface area contributed by atoms with Crippen LogP contribution in [-0.4, -0.2) is 23.7 Å². The molecule has 88 valence electrons. The Morgan fingerprint density at radius 1 is 1.62 bits per heavy atom. The van der Waals surface area contributed by atoms with Crippen LogP contribution in [0.15, 0.2) is 22.7 Å². The zero-order valence-electron chi connectivity index (χ0n) is 8.84. The van der Waals surface area contributed by atoms with Crippen molar-refractivity contribution in [1.29, 1.82) is 0 Å². The molecule has 1 aromatic rings. The van der Waals surface area contributed by atoms with Gasteiger partial charge in [0.15, 0.2) is 0 Å². The van der Waals surface area contributed by atoms with Gasteiger partial charge < -0.3 is 10.4 Å². The number of amides is 1. The summed E-state index contributed by atoms with van der Waals surface area (Å²) in [6.45, 7) is 1.67. The molecular weight excluding hydrogens is 277 g/mol. The van der Waals surface area contributed by atoms with Gasteiger partial charge in [-0.3, -0.25) is 4.79 Å². The summed E-state index contributed by atoms with van der Waals surface area (Å²) in [5, 5.41) is 11.5. The van der Waals surface area contributed by atoms with Crippen molar-refractivity contribution in [3.63, 3.8) is 0 Å². The smallest absolute Gasteiger partial charge is 0.255 e. The Balaban J connectivity index is 2.88. The molecule has 0 radical (unpaired) electrons. The second kappa shape index (κ2) is 5.96. The summed E-state index contributed by atoms with van der Waals surface area (Å²) in [5.41, 5.74) is -0.0330. The first-order valence-electron chi connectivity index (χ1n) is 4.95. The molecule has 0 saturated carbocycles. The van der Waals surface area contributed by atoms with E-state index >= 15 is 0 Å². The highest BCUT2D eigenvalue weighted by Gasteiger charge is 2.17. The van der Waals surface area contributed by atoms with Gasteiger partial charge >= 0.3 is 0 Å². The van der Waals surface area contributed by atoms with E-state index in [4.69, 9.17) is 5.11 Å². The molecule has 1 rings (SSSR count). The molecule has 1 amide bonds. The largest absolute Gasteiger partial charge is 0.394 e. The lowest BCUT2D eigenvalue weighted by Crippen LogP contribution is -2.37. The molecule has 0 heterocycles. The Labute approximate surface area is 102 Å². The molecule has 0 fully saturated rings. The SMILES string of the molecule is CC[C@@H](CO)NC(=O)c1c(F)cccc1Br. The average molecular weight is 290 g/mol. The fourth-order valence-electron chi connectivity index (χ4n) is 1.25. The zero-order chi connectivity index (χ0) is 12.1. The van der Waals surface area contributed by atoms with Crippen LogP contribution in [0, 0.1) is 5.82 Å². The fourth-order valence-corrected chi connectivity index (χ4v) is 1.77. The Morgan fingerprint density at radius 2 is 2.31 bits per heavy atom. The van der Waals surface area contributed by atoms with E-state index in [-0.39, 0.29) is 18.2 Å². The van der Waals surface area contributed by atoms with Crippen molar-refractivity contribution in [1.82, 2.24) is 5.32 Å². The molecule has 1 aromatic carbocycles. The maximum absolute atomic E-state index is 13.4. The fraction of sp³-hybridized carbons (Fsp3) is 0.364. The van der Waals surface area contributed by atoms with Crippen molar-refractivity contribution >= 4 is 21.8 Å². The van der Waals surface area contributed by atoms with Crippen LogP contribution >= 0.6 is 15.9 Å². The summed E-state index contributed by atoms with van der Waals surface area (Å²) in [6, 6.07) is 3.98. The Hall–Kier alpha value is -0.940. The van der Waals surface area contributed by atoms with Crippen molar-refractivity contribution in [3.8, 4) is 0 Å². The van der Waals surface area contributed by atoms with Crippen LogP contribution in [-0.2, 0) is 0 Å². The minimum atomic E-state index is -0.584. The highest BCUT2D eigenvalue weighted by atomic mass is 79.9. The molecule has 0 aromatic heterocycles. The number of aliphatic hydroxyl groups excluding tert-OH is 1. The van der Waals surface area contributed by atoms with E-state index in [1.165, 1.54) is 12.1 Å². The molecule has 0 aliphatic carbocycles. The van der Waals surface area contributed by atoms with Gasteiger partial charge in [-0.1, -0.05) is 13.0 Å². The lowest BCUT2D eigenvalue weighted by atomic mass is 10.1. The molecule has 0 aliphatic heterocycles. The molecule has 0 spiro atoms. The Bertz CT molecular complexity index is 360. The van der Waals surface area contributed by atoms with Crippen molar-refractivity contribution in [3.05, 3.63) is 34.1 Å². The van der Waals surface area contributed by atoms with E-state index in [9.17, 15) is 9.18 Å². The highest BCUT2D eigenvalue weighted by Crippen LogP contribution is 2.19. The number of nitrogens with one attached hydrogen (secondary N) is 1. The number of aliphatic hydroxyl groups is 1. The van der Waals surface area contributed by atoms with Crippen molar-refractivity contribution in [2.75, 3.05) is 6.61 Å². The first-order chi connectivity index (χ1) is 7.60. The van der Waals surface area contributed by atoms with Crippen molar-refractivity contribution < 1.29 is 14.3 Å². The van der Waals surface area contributed by atoms with E-state index in [2.05, 4.69) is 21.2 Å². The summed E-state index contributed by atoms with van der Waals surface area (Å²) in [5.74, 6) is -1.11. The minimum Gasteiger partial charge on any atom is -0.394 e. The monoisotopic (exact) mass is 289 g/mol. The third-order valence-corrected chi connectivity index (χ3v) is 2.90. The van der Waals surface area contributed by atoms with E-state index in [1.54, 1.807) is 6.07 Å². The number of hydrogen-bond acceptors (Lipinski definition) is 2. The van der Waals surface area contributed by atoms with Crippen LogP contribution in [0.4, 0.5) is 4.39 Å². The quantitative estimate of drug-likeness (QED) is 0.892. The van der Waals surface area contributed by atoms with E-state index < -0.39 is 11.7 Å². The van der Waals surface area contributed by atoms with Gasteiger partial charge in [-0.05, 0) is 34.5 Å². The Morgan fingerprint density at radius 3 is 2.81 bits per heavy atom. The maximum atomic E-state index is 13.4. The van der Waals surface area contributed by atoms with Crippen LogP contribution in [0.5, 0.6) is 0 Å². The average Bonchev–Trinajstić information content (AvgIpc) is 2.25. The molecule has 0 unspecified atom stereocenters. The lowest BCUT2D eigenvalue weighted by Gasteiger charge is -2.14. The minimum absolute atomic E-state index is 0.0330. The van der Waals surface area contributed by atoms with Gasteiger partial charge in [0.05, 0.1) is 18.2 Å². The molecule has 0 bridgehead atoms. The molecular formula is C11H13BrFNO2. The summed E-state index contributed by atoms with van der Waals surface area (Å²) >= 11 is 3.12. The standard InChI is InChI=1S/C11H13BrFNO2/c1-2-7(6-15)14-11(16)10-8(12)4-3-5-9(10)13/h3-5,7,15H,2,6H2,1H3,(H,14,16)/t7-/m0/s1. The molecule has 0 saturated heterocycles. The number of halogens is 2. The first kappa shape index (κ1) is 13.1. The second-order valence-corrected chi connectivity index (χ2v) is 4.21. The third-order valence-electron chi connectivity index (χ3n) is 2.24. The number of hydrogen-bond donors (Lipinski definition) is 2. The van der Waals surface area contributed by atoms with Crippen LogP contribution in [0.2, 0.25) is 0 Å². The number of carbonyl (C=O) groups excluding carboxylic acids is 1. The number of benzene rings is 1. The third kappa shape index (κ3) is 3.02. The van der Waals surface area contributed by atoms with Crippen LogP contribution in [0.25, 0.3) is 0 Å². The second-order valence-electron chi connectivity index (χ2n) is 3.36. The first-order valence-corrected chi connectivity index (χ1v) is 5.75. The predicted molar refractivity (Wildman–Crippen MR) is 62.7 cm³/mol. The maximum Gasteiger partial charge on any atom is 0.255 e. The van der Waals surface area contributed by atoms with E-state index in [0.717, 1.165) is 0 Å². The Kier molecular flexibility index (Phi) is 4.89. The highest BCUT2D eigenvalue weighted by molar-refractivity contribution is 9.10. The molecule has 1 atom stereocenters. The predicted octanol–water partition coefficient (Wildman–Crippen LogP) is 2.09. The number of rotatable bonds is 4. The van der Waals surface area contributed by atoms with Gasteiger partial charge in [-0.2, -0.15) is 0 Å². The van der Waals surface area contributed by atoms with E-state index in [0.29, 0.717) is 10.9 Å². The number of carbonyl (C=O) groups is 1. The molecule has 0 aliphatic rings. The van der Waals surface area contributed by atoms with Crippen LogP contribution in [0.3, 0.4) is 0 Å². The zero-order valence-corrected chi connectivity index (χ0v) is 10.4. The summed E-state index contributed by atoms with van der Waals surface area (Å²) in [6.07, 6.45) is 0.592. The van der Waals surface area contributed by atoms with Gasteiger partial charge in [0.1, 0.15) is 5.82 Å². The van der Waals surface area contributed by atoms with Crippen LogP contribution in [0.1, 0.15) is 23.7 Å². The molecule has 2 N–H and O–H groups in total. The summed E-state index contributed by atoms with van der Waals surface area (Å²) < 4.78 is 13.8. The summed E-state index contributed by atoms with van der Waals surface area (Å²) in [7, 11) is 0. The molecule has 5 heteroatoms. The van der Waals surface area contributed by atoms with Gasteiger partial charge in [0.2, 0.25) is 0 Å². The normalized spacial score (nSPS) is 12.2. The van der Waals surface area contributed by atoms with Gasteiger partial charge in [0.25, 0.3) is 5.91 Å².